The highest BCUT2D eigenvalue weighted by molar-refractivity contribution is 7.91. The molecule has 1 heterocycles. The minimum absolute atomic E-state index is 0.0151. The summed E-state index contributed by atoms with van der Waals surface area (Å²) in [5.41, 5.74) is 0.394. The highest BCUT2D eigenvalue weighted by Gasteiger charge is 2.37. The summed E-state index contributed by atoms with van der Waals surface area (Å²) >= 11 is 0. The first-order valence-corrected chi connectivity index (χ1v) is 7.36. The molecule has 0 amide bonds. The minimum atomic E-state index is -3.44. The Morgan fingerprint density at radius 1 is 1.37 bits per heavy atom. The fourth-order valence-corrected chi connectivity index (χ4v) is 1.94. The zero-order valence-electron chi connectivity index (χ0n) is 10.7. The van der Waals surface area contributed by atoms with Gasteiger partial charge in [0.1, 0.15) is 10.3 Å². The van der Waals surface area contributed by atoms with Crippen LogP contribution in [0.2, 0.25) is 0 Å². The van der Waals surface area contributed by atoms with Crippen LogP contribution in [0.3, 0.4) is 0 Å². The van der Waals surface area contributed by atoms with Gasteiger partial charge >= 0.3 is 5.97 Å². The predicted octanol–water partition coefficient (Wildman–Crippen LogP) is 1.81. The lowest BCUT2D eigenvalue weighted by atomic mass is 10.2. The van der Waals surface area contributed by atoms with Crippen LogP contribution in [0, 0.1) is 0 Å². The molecule has 0 fully saturated rings. The summed E-state index contributed by atoms with van der Waals surface area (Å²) in [6.45, 7) is 2.93. The third-order valence-corrected chi connectivity index (χ3v) is 5.12. The molecule has 2 rings (SSSR count). The molecule has 1 aromatic carbocycles. The van der Waals surface area contributed by atoms with Crippen LogP contribution >= 0.6 is 0 Å². The number of oxazole rings is 1. The van der Waals surface area contributed by atoms with Gasteiger partial charge in [0.2, 0.25) is 5.89 Å². The van der Waals surface area contributed by atoms with Gasteiger partial charge in [0, 0.05) is 6.26 Å². The second-order valence-electron chi connectivity index (χ2n) is 4.76. The van der Waals surface area contributed by atoms with E-state index in [4.69, 9.17) is 9.52 Å². The van der Waals surface area contributed by atoms with E-state index in [1.54, 1.807) is 6.07 Å². The van der Waals surface area contributed by atoms with Gasteiger partial charge in [0.25, 0.3) is 0 Å². The first-order valence-electron chi connectivity index (χ1n) is 5.47. The molecule has 0 bridgehead atoms. The summed E-state index contributed by atoms with van der Waals surface area (Å²) in [6.07, 6.45) is 1.08. The van der Waals surface area contributed by atoms with Gasteiger partial charge < -0.3 is 9.52 Å². The molecule has 0 unspecified atom stereocenters. The summed E-state index contributed by atoms with van der Waals surface area (Å²) in [5.74, 6) is -1.15. The van der Waals surface area contributed by atoms with Crippen molar-refractivity contribution in [2.45, 2.75) is 18.6 Å². The average Bonchev–Trinajstić information content (AvgIpc) is 2.70. The molecule has 0 spiro atoms. The Morgan fingerprint density at radius 3 is 2.53 bits per heavy atom. The van der Waals surface area contributed by atoms with Crippen LogP contribution in [0.15, 0.2) is 22.6 Å². The van der Waals surface area contributed by atoms with E-state index >= 15 is 0 Å². The molecule has 102 valence electrons. The Kier molecular flexibility index (Phi) is 2.89. The van der Waals surface area contributed by atoms with Crippen LogP contribution in [-0.2, 0) is 14.6 Å². The Labute approximate surface area is 110 Å². The molecule has 0 radical (unpaired) electrons. The maximum absolute atomic E-state index is 11.7. The number of nitrogens with zero attached hydrogens (tertiary/aromatic N) is 1. The van der Waals surface area contributed by atoms with Gasteiger partial charge in [0.05, 0.1) is 5.56 Å². The van der Waals surface area contributed by atoms with Gasteiger partial charge in [-0.1, -0.05) is 6.07 Å². The van der Waals surface area contributed by atoms with Gasteiger partial charge in [-0.3, -0.25) is 0 Å². The van der Waals surface area contributed by atoms with E-state index in [9.17, 15) is 13.2 Å². The number of hydrogen-bond donors (Lipinski definition) is 1. The second kappa shape index (κ2) is 4.06. The Balaban J connectivity index is 2.73. The molecule has 2 aromatic rings. The van der Waals surface area contributed by atoms with Crippen LogP contribution in [0.5, 0.6) is 0 Å². The number of rotatable bonds is 3. The molecule has 6 nitrogen and oxygen atoms in total. The SMILES string of the molecule is CC(C)(c1nc2c(C(=O)O)cccc2o1)S(C)(=O)=O. The Hall–Kier alpha value is -1.89. The number of aromatic nitrogens is 1. The molecule has 19 heavy (non-hydrogen) atoms. The molecule has 0 aliphatic rings. The van der Waals surface area contributed by atoms with Gasteiger partial charge in [-0.15, -0.1) is 0 Å². The predicted molar refractivity (Wildman–Crippen MR) is 68.8 cm³/mol. The molecule has 0 atom stereocenters. The van der Waals surface area contributed by atoms with Crippen molar-refractivity contribution in [3.8, 4) is 0 Å². The first kappa shape index (κ1) is 13.5. The lowest BCUT2D eigenvalue weighted by Crippen LogP contribution is -2.28. The molecule has 1 aromatic heterocycles. The normalized spacial score (nSPS) is 12.8. The van der Waals surface area contributed by atoms with Crippen molar-refractivity contribution in [3.05, 3.63) is 29.7 Å². The molecular formula is C12H13NO5S. The monoisotopic (exact) mass is 283 g/mol. The molecule has 0 aliphatic carbocycles. The maximum atomic E-state index is 11.7. The van der Waals surface area contributed by atoms with E-state index in [1.165, 1.54) is 26.0 Å². The number of carbonyl (C=O) groups is 1. The van der Waals surface area contributed by atoms with Crippen molar-refractivity contribution < 1.29 is 22.7 Å². The number of benzene rings is 1. The first-order chi connectivity index (χ1) is 8.64. The number of para-hydroxylation sites is 1. The second-order valence-corrected chi connectivity index (χ2v) is 7.32. The van der Waals surface area contributed by atoms with Crippen LogP contribution < -0.4 is 0 Å². The van der Waals surface area contributed by atoms with Crippen LogP contribution in [0.4, 0.5) is 0 Å². The summed E-state index contributed by atoms with van der Waals surface area (Å²) in [7, 11) is -3.44. The van der Waals surface area contributed by atoms with Gasteiger partial charge in [-0.05, 0) is 26.0 Å². The van der Waals surface area contributed by atoms with Crippen LogP contribution in [0.25, 0.3) is 11.1 Å². The molecular weight excluding hydrogens is 270 g/mol. The number of hydrogen-bond acceptors (Lipinski definition) is 5. The number of aromatic carboxylic acids is 1. The van der Waals surface area contributed by atoms with Crippen molar-refractivity contribution >= 4 is 26.9 Å². The van der Waals surface area contributed by atoms with Crippen LogP contribution in [0.1, 0.15) is 30.1 Å². The number of carboxylic acid groups (broad SMARTS) is 1. The van der Waals surface area contributed by atoms with Crippen LogP contribution in [-0.4, -0.2) is 30.7 Å². The van der Waals surface area contributed by atoms with E-state index < -0.39 is 20.6 Å². The zero-order valence-corrected chi connectivity index (χ0v) is 11.5. The summed E-state index contributed by atoms with van der Waals surface area (Å²) in [4.78, 5) is 15.1. The van der Waals surface area contributed by atoms with Crippen molar-refractivity contribution in [2.75, 3.05) is 6.26 Å². The fraction of sp³-hybridized carbons (Fsp3) is 0.333. The number of sulfone groups is 1. The van der Waals surface area contributed by atoms with E-state index in [0.29, 0.717) is 0 Å². The van der Waals surface area contributed by atoms with Gasteiger partial charge in [0.15, 0.2) is 15.4 Å². The minimum Gasteiger partial charge on any atom is -0.478 e. The molecule has 0 saturated carbocycles. The Morgan fingerprint density at radius 2 is 2.00 bits per heavy atom. The third-order valence-electron chi connectivity index (χ3n) is 3.09. The summed E-state index contributed by atoms with van der Waals surface area (Å²) in [6, 6.07) is 4.47. The van der Waals surface area contributed by atoms with Gasteiger partial charge in [-0.25, -0.2) is 18.2 Å². The lowest BCUT2D eigenvalue weighted by molar-refractivity contribution is 0.0699. The molecule has 7 heteroatoms. The van der Waals surface area contributed by atoms with E-state index in [0.717, 1.165) is 6.26 Å². The maximum Gasteiger partial charge on any atom is 0.338 e. The zero-order chi connectivity index (χ0) is 14.4. The summed E-state index contributed by atoms with van der Waals surface area (Å²) < 4.78 is 27.5. The van der Waals surface area contributed by atoms with E-state index in [-0.39, 0.29) is 22.6 Å². The van der Waals surface area contributed by atoms with Crippen molar-refractivity contribution in [3.63, 3.8) is 0 Å². The Bertz CT molecular complexity index is 758. The standard InChI is InChI=1S/C12H13NO5S/c1-12(2,19(3,16)17)11-13-9-7(10(14)15)5-4-6-8(9)18-11/h4-6H,1-3H3,(H,14,15). The smallest absolute Gasteiger partial charge is 0.338 e. The molecule has 0 aliphatic heterocycles. The summed E-state index contributed by atoms with van der Waals surface area (Å²) in [5, 5.41) is 9.05. The molecule has 1 N–H and O–H groups in total. The highest BCUT2D eigenvalue weighted by Crippen LogP contribution is 2.31. The van der Waals surface area contributed by atoms with Crippen molar-refractivity contribution in [2.24, 2.45) is 0 Å². The lowest BCUT2D eigenvalue weighted by Gasteiger charge is -2.17. The van der Waals surface area contributed by atoms with E-state index in [1.807, 2.05) is 0 Å². The topological polar surface area (TPSA) is 97.5 Å². The van der Waals surface area contributed by atoms with Crippen molar-refractivity contribution in [1.29, 1.82) is 0 Å². The van der Waals surface area contributed by atoms with E-state index in [2.05, 4.69) is 4.98 Å². The highest BCUT2D eigenvalue weighted by atomic mass is 32.2. The van der Waals surface area contributed by atoms with Crippen molar-refractivity contribution in [1.82, 2.24) is 4.98 Å². The fourth-order valence-electron chi connectivity index (χ4n) is 1.54. The largest absolute Gasteiger partial charge is 0.478 e. The molecule has 0 saturated heterocycles. The number of carboxylic acids is 1. The quantitative estimate of drug-likeness (QED) is 0.922. The number of fused-ring (bicyclic) bond motifs is 1. The third kappa shape index (κ3) is 2.10. The average molecular weight is 283 g/mol. The van der Waals surface area contributed by atoms with Gasteiger partial charge in [-0.2, -0.15) is 0 Å².